The van der Waals surface area contributed by atoms with E-state index in [0.29, 0.717) is 0 Å². The topological polar surface area (TPSA) is 107 Å². The first-order chi connectivity index (χ1) is 6.31. The molecule has 8 heteroatoms. The fraction of sp³-hybridized carbons (Fsp3) is 0.667. The molecule has 0 bridgehead atoms. The molecular weight excluding hydrogens is 200 g/mol. The SMILES string of the molecule is NNC(=O)C1(OC(N)=O)CC(F)(F)C1. The molecule has 1 fully saturated rings. The van der Waals surface area contributed by atoms with Crippen LogP contribution in [0.3, 0.4) is 0 Å². The highest BCUT2D eigenvalue weighted by Crippen LogP contribution is 2.47. The summed E-state index contributed by atoms with van der Waals surface area (Å²) in [5.41, 5.74) is 4.38. The predicted octanol–water partition coefficient (Wildman–Crippen LogP) is -0.761. The second-order valence-corrected chi connectivity index (χ2v) is 3.10. The van der Waals surface area contributed by atoms with Gasteiger partial charge in [-0.25, -0.2) is 19.4 Å². The number of carbonyl (C=O) groups is 2. The Bertz CT molecular complexity index is 273. The Morgan fingerprint density at radius 1 is 1.36 bits per heavy atom. The first-order valence-electron chi connectivity index (χ1n) is 3.69. The Balaban J connectivity index is 2.74. The molecule has 0 aliphatic heterocycles. The highest BCUT2D eigenvalue weighted by Gasteiger charge is 2.63. The highest BCUT2D eigenvalue weighted by atomic mass is 19.3. The van der Waals surface area contributed by atoms with E-state index in [9.17, 15) is 18.4 Å². The van der Waals surface area contributed by atoms with Gasteiger partial charge in [0, 0.05) is 0 Å². The molecule has 80 valence electrons. The maximum atomic E-state index is 12.5. The van der Waals surface area contributed by atoms with E-state index in [1.807, 2.05) is 0 Å². The van der Waals surface area contributed by atoms with E-state index in [1.165, 1.54) is 0 Å². The molecule has 1 rings (SSSR count). The van der Waals surface area contributed by atoms with Gasteiger partial charge in [0.1, 0.15) is 0 Å². The van der Waals surface area contributed by atoms with Crippen LogP contribution < -0.4 is 17.0 Å². The maximum Gasteiger partial charge on any atom is 0.405 e. The largest absolute Gasteiger partial charge is 0.432 e. The average molecular weight is 209 g/mol. The molecule has 1 saturated carbocycles. The molecule has 0 aromatic heterocycles. The molecule has 5 N–H and O–H groups in total. The van der Waals surface area contributed by atoms with Crippen LogP contribution in [-0.2, 0) is 9.53 Å². The monoisotopic (exact) mass is 209 g/mol. The third kappa shape index (κ3) is 1.74. The summed E-state index contributed by atoms with van der Waals surface area (Å²) < 4.78 is 29.4. The quantitative estimate of drug-likeness (QED) is 0.315. The lowest BCUT2D eigenvalue weighted by Crippen LogP contribution is -2.64. The van der Waals surface area contributed by atoms with Gasteiger partial charge in [-0.1, -0.05) is 0 Å². The van der Waals surface area contributed by atoms with Gasteiger partial charge >= 0.3 is 6.09 Å². The molecule has 0 unspecified atom stereocenters. The van der Waals surface area contributed by atoms with Gasteiger partial charge in [-0.3, -0.25) is 10.2 Å². The molecule has 0 aromatic rings. The molecule has 0 spiro atoms. The fourth-order valence-corrected chi connectivity index (χ4v) is 1.39. The van der Waals surface area contributed by atoms with Crippen molar-refractivity contribution in [2.75, 3.05) is 0 Å². The van der Waals surface area contributed by atoms with Crippen molar-refractivity contribution in [3.63, 3.8) is 0 Å². The summed E-state index contributed by atoms with van der Waals surface area (Å²) in [6.07, 6.45) is -3.08. The Labute approximate surface area is 77.5 Å². The standard InChI is InChI=1S/C6H9F2N3O3/c7-6(8)1-5(2-6,3(12)11-10)14-4(9)13/h1-2,10H2,(H2,9,13)(H,11,12). The van der Waals surface area contributed by atoms with Crippen molar-refractivity contribution in [2.24, 2.45) is 11.6 Å². The second kappa shape index (κ2) is 3.05. The molecule has 14 heavy (non-hydrogen) atoms. The number of hydrogen-bond donors (Lipinski definition) is 3. The lowest BCUT2D eigenvalue weighted by atomic mass is 9.75. The van der Waals surface area contributed by atoms with Gasteiger partial charge in [-0.15, -0.1) is 0 Å². The van der Waals surface area contributed by atoms with Gasteiger partial charge in [-0.05, 0) is 0 Å². The van der Waals surface area contributed by atoms with Crippen molar-refractivity contribution in [1.82, 2.24) is 5.43 Å². The Morgan fingerprint density at radius 3 is 2.14 bits per heavy atom. The highest BCUT2D eigenvalue weighted by molar-refractivity contribution is 5.88. The molecule has 2 amide bonds. The van der Waals surface area contributed by atoms with Crippen molar-refractivity contribution in [1.29, 1.82) is 0 Å². The van der Waals surface area contributed by atoms with Crippen LogP contribution in [-0.4, -0.2) is 23.5 Å². The Kier molecular flexibility index (Phi) is 2.32. The molecule has 0 saturated heterocycles. The van der Waals surface area contributed by atoms with Crippen LogP contribution in [0.5, 0.6) is 0 Å². The van der Waals surface area contributed by atoms with Gasteiger partial charge in [0.05, 0.1) is 12.8 Å². The third-order valence-corrected chi connectivity index (χ3v) is 1.93. The maximum absolute atomic E-state index is 12.5. The van der Waals surface area contributed by atoms with Crippen LogP contribution in [0.25, 0.3) is 0 Å². The molecular formula is C6H9F2N3O3. The van der Waals surface area contributed by atoms with Crippen LogP contribution in [0.4, 0.5) is 13.6 Å². The summed E-state index contributed by atoms with van der Waals surface area (Å²) in [4.78, 5) is 21.4. The average Bonchev–Trinajstić information content (AvgIpc) is 1.97. The second-order valence-electron chi connectivity index (χ2n) is 3.10. The van der Waals surface area contributed by atoms with E-state index < -0.39 is 36.4 Å². The van der Waals surface area contributed by atoms with Gasteiger partial charge < -0.3 is 10.5 Å². The van der Waals surface area contributed by atoms with E-state index in [4.69, 9.17) is 5.84 Å². The van der Waals surface area contributed by atoms with E-state index in [1.54, 1.807) is 5.43 Å². The normalized spacial score (nSPS) is 21.9. The van der Waals surface area contributed by atoms with Crippen LogP contribution in [0.2, 0.25) is 0 Å². The molecule has 0 aromatic carbocycles. The van der Waals surface area contributed by atoms with Crippen molar-refractivity contribution in [2.45, 2.75) is 24.4 Å². The van der Waals surface area contributed by atoms with Crippen molar-refractivity contribution in [3.05, 3.63) is 0 Å². The van der Waals surface area contributed by atoms with Crippen molar-refractivity contribution in [3.8, 4) is 0 Å². The zero-order valence-corrected chi connectivity index (χ0v) is 7.05. The number of halogens is 2. The van der Waals surface area contributed by atoms with Crippen LogP contribution in [0.15, 0.2) is 0 Å². The number of amides is 2. The van der Waals surface area contributed by atoms with E-state index in [0.717, 1.165) is 0 Å². The third-order valence-electron chi connectivity index (χ3n) is 1.93. The number of nitrogens with one attached hydrogen (secondary N) is 1. The minimum atomic E-state index is -3.03. The number of hydrazine groups is 1. The molecule has 1 aliphatic carbocycles. The number of alkyl halides is 2. The number of carbonyl (C=O) groups excluding carboxylic acids is 2. The Morgan fingerprint density at radius 2 is 1.86 bits per heavy atom. The summed E-state index contributed by atoms with van der Waals surface area (Å²) in [5.74, 6) is 0.745. The van der Waals surface area contributed by atoms with E-state index >= 15 is 0 Å². The number of ether oxygens (including phenoxy) is 1. The lowest BCUT2D eigenvalue weighted by molar-refractivity contribution is -0.206. The van der Waals surface area contributed by atoms with Gasteiger partial charge in [0.2, 0.25) is 5.60 Å². The lowest BCUT2D eigenvalue weighted by Gasteiger charge is -2.43. The summed E-state index contributed by atoms with van der Waals surface area (Å²) >= 11 is 0. The first kappa shape index (κ1) is 10.6. The summed E-state index contributed by atoms with van der Waals surface area (Å²) in [6.45, 7) is 0. The number of primary amides is 1. The van der Waals surface area contributed by atoms with E-state index in [2.05, 4.69) is 10.5 Å². The van der Waals surface area contributed by atoms with Crippen LogP contribution in [0, 0.1) is 0 Å². The molecule has 0 atom stereocenters. The van der Waals surface area contributed by atoms with Crippen molar-refractivity contribution >= 4 is 12.0 Å². The zero-order valence-electron chi connectivity index (χ0n) is 7.05. The summed E-state index contributed by atoms with van der Waals surface area (Å²) in [5, 5.41) is 0. The van der Waals surface area contributed by atoms with Gasteiger partial charge in [-0.2, -0.15) is 0 Å². The van der Waals surface area contributed by atoms with Crippen LogP contribution >= 0.6 is 0 Å². The zero-order chi connectivity index (χ0) is 11.0. The summed E-state index contributed by atoms with van der Waals surface area (Å²) in [7, 11) is 0. The first-order valence-corrected chi connectivity index (χ1v) is 3.69. The predicted molar refractivity (Wildman–Crippen MR) is 39.9 cm³/mol. The number of rotatable bonds is 2. The summed E-state index contributed by atoms with van der Waals surface area (Å²) in [6, 6.07) is 0. The van der Waals surface area contributed by atoms with E-state index in [-0.39, 0.29) is 0 Å². The van der Waals surface area contributed by atoms with Crippen molar-refractivity contribution < 1.29 is 23.1 Å². The van der Waals surface area contributed by atoms with Crippen LogP contribution in [0.1, 0.15) is 12.8 Å². The molecule has 0 radical (unpaired) electrons. The number of hydrogen-bond acceptors (Lipinski definition) is 4. The minimum absolute atomic E-state index is 0.897. The van der Waals surface area contributed by atoms with Gasteiger partial charge in [0.25, 0.3) is 11.8 Å². The Hall–Kier alpha value is -1.44. The molecule has 1 aliphatic rings. The number of nitrogens with two attached hydrogens (primary N) is 2. The minimum Gasteiger partial charge on any atom is -0.432 e. The smallest absolute Gasteiger partial charge is 0.405 e. The van der Waals surface area contributed by atoms with Gasteiger partial charge in [0.15, 0.2) is 0 Å². The molecule has 0 heterocycles. The molecule has 6 nitrogen and oxygen atoms in total. The fourth-order valence-electron chi connectivity index (χ4n) is 1.39.